The van der Waals surface area contributed by atoms with Crippen LogP contribution in [0, 0.1) is 25.1 Å². The number of hydrogen-bond donors (Lipinski definition) is 2. The predicted molar refractivity (Wildman–Crippen MR) is 168 cm³/mol. The lowest BCUT2D eigenvalue weighted by Gasteiger charge is -2.30. The van der Waals surface area contributed by atoms with Crippen molar-refractivity contribution in [2.45, 2.75) is 50.7 Å². The maximum absolute atomic E-state index is 14.8. The van der Waals surface area contributed by atoms with E-state index in [1.165, 1.54) is 24.3 Å². The summed E-state index contributed by atoms with van der Waals surface area (Å²) in [6.45, 7) is 4.41. The fourth-order valence-electron chi connectivity index (χ4n) is 7.32. The van der Waals surface area contributed by atoms with E-state index >= 15 is 0 Å². The number of terminal acetylenes is 1. The molecule has 0 radical (unpaired) electrons. The van der Waals surface area contributed by atoms with E-state index < -0.39 is 23.2 Å². The van der Waals surface area contributed by atoms with E-state index in [0.29, 0.717) is 55.4 Å². The molecule has 3 aliphatic rings. The normalized spacial score (nSPS) is 21.3. The van der Waals surface area contributed by atoms with Crippen molar-refractivity contribution in [3.63, 3.8) is 0 Å². The molecule has 3 aliphatic heterocycles. The molecule has 238 valence electrons. The number of phenols is 1. The molecule has 2 N–H and O–H groups in total. The number of nitrogens with one attached hydrogen (secondary N) is 1. The number of amides is 1. The summed E-state index contributed by atoms with van der Waals surface area (Å²) in [6, 6.07) is 5.51. The molecule has 0 spiro atoms. The maximum Gasteiger partial charge on any atom is 0.349 e. The predicted octanol–water partition coefficient (Wildman–Crippen LogP) is 4.53. The van der Waals surface area contributed by atoms with Crippen LogP contribution in [0.3, 0.4) is 0 Å². The Labute approximate surface area is 263 Å². The summed E-state index contributed by atoms with van der Waals surface area (Å²) in [5.41, 5.74) is -0.404. The van der Waals surface area contributed by atoms with Crippen molar-refractivity contribution in [3.05, 3.63) is 51.6 Å². The van der Waals surface area contributed by atoms with Crippen LogP contribution in [0.2, 0.25) is 0 Å². The average molecular weight is 630 g/mol. The van der Waals surface area contributed by atoms with Gasteiger partial charge in [0, 0.05) is 55.5 Å². The molecule has 0 saturated carbocycles. The summed E-state index contributed by atoms with van der Waals surface area (Å²) < 4.78 is 41.3. The highest BCUT2D eigenvalue weighted by atomic mass is 19.1. The van der Waals surface area contributed by atoms with Gasteiger partial charge in [0.05, 0.1) is 16.6 Å². The number of likely N-dealkylation sites (tertiary alicyclic amines) is 1. The van der Waals surface area contributed by atoms with Crippen molar-refractivity contribution >= 4 is 33.4 Å². The topological polar surface area (TPSA) is 121 Å². The molecule has 0 bridgehead atoms. The second-order valence-electron chi connectivity index (χ2n) is 12.4. The molecule has 0 aliphatic carbocycles. The van der Waals surface area contributed by atoms with Crippen LogP contribution in [-0.4, -0.2) is 81.8 Å². The SMILES string of the molecule is C#Cc1c(F)ccc2cc(O)cc(-c3oc(=O)c4c(NCCN5CCCC5=O)nc(OC[C@@]56CCCN5C[C@H](F)C6)nc4c3C)c12. The fourth-order valence-corrected chi connectivity index (χ4v) is 7.32. The summed E-state index contributed by atoms with van der Waals surface area (Å²) in [6.07, 6.45) is 8.16. The largest absolute Gasteiger partial charge is 0.508 e. The zero-order valence-corrected chi connectivity index (χ0v) is 25.4. The third-order valence-electron chi connectivity index (χ3n) is 9.50. The highest BCUT2D eigenvalue weighted by molar-refractivity contribution is 6.03. The molecule has 5 heterocycles. The van der Waals surface area contributed by atoms with Crippen LogP contribution in [0.15, 0.2) is 33.5 Å². The molecule has 2 aromatic carbocycles. The van der Waals surface area contributed by atoms with E-state index in [-0.39, 0.29) is 57.9 Å². The third kappa shape index (κ3) is 5.08. The van der Waals surface area contributed by atoms with Crippen molar-refractivity contribution < 1.29 is 27.8 Å². The van der Waals surface area contributed by atoms with Gasteiger partial charge >= 0.3 is 11.6 Å². The highest BCUT2D eigenvalue weighted by Gasteiger charge is 2.49. The zero-order valence-electron chi connectivity index (χ0n) is 25.4. The van der Waals surface area contributed by atoms with Crippen LogP contribution < -0.4 is 15.7 Å². The van der Waals surface area contributed by atoms with Gasteiger partial charge in [-0.05, 0) is 56.3 Å². The third-order valence-corrected chi connectivity index (χ3v) is 9.50. The summed E-state index contributed by atoms with van der Waals surface area (Å²) in [7, 11) is 0. The summed E-state index contributed by atoms with van der Waals surface area (Å²) in [5, 5.41) is 14.6. The van der Waals surface area contributed by atoms with Crippen LogP contribution >= 0.6 is 0 Å². The standard InChI is InChI=1S/C34H33F2N5O5/c1-3-23-25(36)8-7-20-14-22(42)15-24(27(20)23)30-19(2)29-28(32(44)46-30)31(37-10-13-40-11-4-6-26(40)43)39-33(38-29)45-18-34-9-5-12-41(34)17-21(35)16-34/h1,7-8,14-15,21,42H,4-6,9-13,16-18H2,2H3,(H,37,38,39)/t21-,34+/m1/s1. The van der Waals surface area contributed by atoms with Gasteiger partial charge in [0.2, 0.25) is 5.91 Å². The molecule has 1 amide bonds. The van der Waals surface area contributed by atoms with Gasteiger partial charge in [-0.25, -0.2) is 13.6 Å². The number of benzene rings is 2. The fraction of sp³-hybridized carbons (Fsp3) is 0.412. The minimum absolute atomic E-state index is 0.00782. The molecule has 0 unspecified atom stereocenters. The van der Waals surface area contributed by atoms with Gasteiger partial charge in [0.25, 0.3) is 0 Å². The number of anilines is 1. The van der Waals surface area contributed by atoms with Crippen molar-refractivity contribution in [2.24, 2.45) is 0 Å². The van der Waals surface area contributed by atoms with Gasteiger partial charge in [-0.3, -0.25) is 9.69 Å². The number of halogens is 2. The quantitative estimate of drug-likeness (QED) is 0.271. The number of aryl methyl sites for hydroxylation is 1. The molecule has 2 aromatic heterocycles. The molecule has 3 saturated heterocycles. The number of alkyl halides is 1. The van der Waals surface area contributed by atoms with Gasteiger partial charge in [-0.1, -0.05) is 12.0 Å². The lowest BCUT2D eigenvalue weighted by Crippen LogP contribution is -2.43. The molecule has 12 heteroatoms. The van der Waals surface area contributed by atoms with Gasteiger partial charge in [-0.2, -0.15) is 9.97 Å². The monoisotopic (exact) mass is 629 g/mol. The molecule has 7 rings (SSSR count). The Morgan fingerprint density at radius 1 is 1.22 bits per heavy atom. The number of carbonyl (C=O) groups is 1. The molecule has 10 nitrogen and oxygen atoms in total. The molecular weight excluding hydrogens is 596 g/mol. The van der Waals surface area contributed by atoms with Gasteiger partial charge in [0.15, 0.2) is 0 Å². The summed E-state index contributed by atoms with van der Waals surface area (Å²) in [4.78, 5) is 38.9. The number of nitrogens with zero attached hydrogens (tertiary/aromatic N) is 4. The Hall–Kier alpha value is -4.76. The Morgan fingerprint density at radius 3 is 2.85 bits per heavy atom. The van der Waals surface area contributed by atoms with Gasteiger partial charge < -0.3 is 24.5 Å². The molecule has 2 atom stereocenters. The summed E-state index contributed by atoms with van der Waals surface area (Å²) >= 11 is 0. The molecule has 46 heavy (non-hydrogen) atoms. The minimum Gasteiger partial charge on any atom is -0.508 e. The van der Waals surface area contributed by atoms with E-state index in [1.54, 1.807) is 11.8 Å². The van der Waals surface area contributed by atoms with Crippen molar-refractivity contribution in [1.82, 2.24) is 19.8 Å². The van der Waals surface area contributed by atoms with Crippen LogP contribution in [0.25, 0.3) is 33.0 Å². The maximum atomic E-state index is 14.8. The average Bonchev–Trinajstić information content (AvgIpc) is 3.70. The number of rotatable bonds is 8. The lowest BCUT2D eigenvalue weighted by atomic mass is 9.95. The Kier molecular flexibility index (Phi) is 7.51. The van der Waals surface area contributed by atoms with Crippen molar-refractivity contribution in [1.29, 1.82) is 0 Å². The van der Waals surface area contributed by atoms with Crippen molar-refractivity contribution in [3.8, 4) is 35.4 Å². The summed E-state index contributed by atoms with van der Waals surface area (Å²) in [5.74, 6) is 1.91. The first-order chi connectivity index (χ1) is 22.2. The van der Waals surface area contributed by atoms with Gasteiger partial charge in [0.1, 0.15) is 41.3 Å². The molecule has 3 fully saturated rings. The number of aromatic nitrogens is 2. The molecular formula is C34H33F2N5O5. The highest BCUT2D eigenvalue weighted by Crippen LogP contribution is 2.41. The first kappa shape index (κ1) is 29.9. The lowest BCUT2D eigenvalue weighted by molar-refractivity contribution is -0.127. The van der Waals surface area contributed by atoms with Crippen molar-refractivity contribution in [2.75, 3.05) is 44.6 Å². The minimum atomic E-state index is -0.934. The Bertz CT molecular complexity index is 1990. The van der Waals surface area contributed by atoms with Crippen LogP contribution in [-0.2, 0) is 4.79 Å². The molecule has 4 aromatic rings. The van der Waals surface area contributed by atoms with E-state index in [9.17, 15) is 23.5 Å². The number of ether oxygens (including phenoxy) is 1. The van der Waals surface area contributed by atoms with Gasteiger partial charge in [-0.15, -0.1) is 6.42 Å². The first-order valence-electron chi connectivity index (χ1n) is 15.5. The Balaban J connectivity index is 1.34. The number of aromatic hydroxyl groups is 1. The zero-order chi connectivity index (χ0) is 32.2. The number of phenolic OH excluding ortho intramolecular Hbond substituents is 1. The first-order valence-corrected chi connectivity index (χ1v) is 15.5. The number of fused-ring (bicyclic) bond motifs is 3. The van der Waals surface area contributed by atoms with E-state index in [0.717, 1.165) is 25.8 Å². The second kappa shape index (κ2) is 11.6. The Morgan fingerprint density at radius 2 is 2.07 bits per heavy atom. The number of hydrogen-bond acceptors (Lipinski definition) is 9. The number of carbonyl (C=O) groups excluding carboxylic acids is 1. The van der Waals surface area contributed by atoms with Crippen LogP contribution in [0.1, 0.15) is 43.2 Å². The smallest absolute Gasteiger partial charge is 0.349 e. The van der Waals surface area contributed by atoms with E-state index in [2.05, 4.69) is 26.1 Å². The van der Waals surface area contributed by atoms with E-state index in [4.69, 9.17) is 15.6 Å². The van der Waals surface area contributed by atoms with Crippen LogP contribution in [0.5, 0.6) is 11.8 Å². The van der Waals surface area contributed by atoms with E-state index in [1.807, 2.05) is 0 Å². The van der Waals surface area contributed by atoms with Crippen LogP contribution in [0.4, 0.5) is 14.6 Å². The second-order valence-corrected chi connectivity index (χ2v) is 12.4.